The molecule has 0 aromatic heterocycles. The zero-order valence-corrected chi connectivity index (χ0v) is 6.84. The van der Waals surface area contributed by atoms with Crippen molar-refractivity contribution in [2.45, 2.75) is 12.8 Å². The summed E-state index contributed by atoms with van der Waals surface area (Å²) in [6.07, 6.45) is 2.20. The van der Waals surface area contributed by atoms with E-state index in [1.165, 1.54) is 5.56 Å². The van der Waals surface area contributed by atoms with E-state index in [9.17, 15) is 0 Å². The van der Waals surface area contributed by atoms with Crippen LogP contribution in [0.1, 0.15) is 12.0 Å². The van der Waals surface area contributed by atoms with Gasteiger partial charge in [-0.25, -0.2) is 0 Å². The molecule has 0 bridgehead atoms. The van der Waals surface area contributed by atoms with Crippen molar-refractivity contribution in [2.24, 2.45) is 0 Å². The molecule has 1 radical (unpaired) electrons. The molecular weight excluding hydrogens is 136 g/mol. The van der Waals surface area contributed by atoms with Gasteiger partial charge >= 0.3 is 0 Å². The lowest BCUT2D eigenvalue weighted by molar-refractivity contribution is 0.195. The summed E-state index contributed by atoms with van der Waals surface area (Å²) < 4.78 is 4.96. The Hall–Kier alpha value is -0.820. The van der Waals surface area contributed by atoms with Crippen LogP contribution in [-0.4, -0.2) is 13.7 Å². The molecule has 1 aromatic rings. The summed E-state index contributed by atoms with van der Waals surface area (Å²) in [5.74, 6) is 0. The highest BCUT2D eigenvalue weighted by Gasteiger charge is 1.89. The average Bonchev–Trinajstić information content (AvgIpc) is 2.07. The van der Waals surface area contributed by atoms with Crippen LogP contribution in [0.25, 0.3) is 0 Å². The minimum absolute atomic E-state index is 0.846. The number of hydrogen-bond acceptors (Lipinski definition) is 1. The van der Waals surface area contributed by atoms with E-state index in [4.69, 9.17) is 4.74 Å². The van der Waals surface area contributed by atoms with Gasteiger partial charge in [0, 0.05) is 13.7 Å². The van der Waals surface area contributed by atoms with Crippen molar-refractivity contribution < 1.29 is 4.74 Å². The maximum Gasteiger partial charge on any atom is 0.0465 e. The summed E-state index contributed by atoms with van der Waals surface area (Å²) >= 11 is 0. The lowest BCUT2D eigenvalue weighted by Crippen LogP contribution is -1.91. The van der Waals surface area contributed by atoms with Crippen LogP contribution in [0.5, 0.6) is 0 Å². The van der Waals surface area contributed by atoms with Crippen molar-refractivity contribution in [3.63, 3.8) is 0 Å². The maximum atomic E-state index is 4.96. The molecule has 0 N–H and O–H groups in total. The number of hydrogen-bond donors (Lipinski definition) is 0. The van der Waals surface area contributed by atoms with Crippen LogP contribution in [0.3, 0.4) is 0 Å². The Balaban J connectivity index is 2.28. The van der Waals surface area contributed by atoms with E-state index < -0.39 is 0 Å². The number of ether oxygens (including phenoxy) is 1. The summed E-state index contributed by atoms with van der Waals surface area (Å²) in [4.78, 5) is 0. The molecule has 0 unspecified atom stereocenters. The van der Waals surface area contributed by atoms with Gasteiger partial charge in [0.05, 0.1) is 0 Å². The van der Waals surface area contributed by atoms with Crippen molar-refractivity contribution in [3.05, 3.63) is 35.9 Å². The molecule has 1 nitrogen and oxygen atoms in total. The van der Waals surface area contributed by atoms with Gasteiger partial charge in [0.25, 0.3) is 0 Å². The lowest BCUT2D eigenvalue weighted by Gasteiger charge is -1.98. The third-order valence-corrected chi connectivity index (χ3v) is 1.60. The minimum Gasteiger partial charge on any atom is -0.385 e. The van der Waals surface area contributed by atoms with Gasteiger partial charge in [0.1, 0.15) is 0 Å². The van der Waals surface area contributed by atoms with Crippen molar-refractivity contribution in [2.75, 3.05) is 13.7 Å². The largest absolute Gasteiger partial charge is 0.385 e. The highest BCUT2D eigenvalue weighted by molar-refractivity contribution is 5.13. The van der Waals surface area contributed by atoms with Gasteiger partial charge in [-0.1, -0.05) is 24.3 Å². The number of rotatable bonds is 4. The molecule has 0 atom stereocenters. The van der Waals surface area contributed by atoms with Gasteiger partial charge in [-0.05, 0) is 24.5 Å². The molecule has 0 aliphatic carbocycles. The molecule has 1 aromatic carbocycles. The summed E-state index contributed by atoms with van der Waals surface area (Å²) in [7, 11) is 1.73. The summed E-state index contributed by atoms with van der Waals surface area (Å²) in [6, 6.07) is 11.1. The lowest BCUT2D eigenvalue weighted by atomic mass is 10.1. The van der Waals surface area contributed by atoms with Crippen LogP contribution < -0.4 is 0 Å². The monoisotopic (exact) mass is 149 g/mol. The average molecular weight is 149 g/mol. The predicted molar refractivity (Wildman–Crippen MR) is 45.5 cm³/mol. The molecule has 0 aliphatic heterocycles. The van der Waals surface area contributed by atoms with E-state index in [0.717, 1.165) is 19.4 Å². The van der Waals surface area contributed by atoms with Gasteiger partial charge in [0.2, 0.25) is 0 Å². The van der Waals surface area contributed by atoms with E-state index in [0.29, 0.717) is 0 Å². The fourth-order valence-electron chi connectivity index (χ4n) is 1.01. The molecular formula is C10H13O. The fourth-order valence-corrected chi connectivity index (χ4v) is 1.01. The first-order valence-electron chi connectivity index (χ1n) is 3.87. The Morgan fingerprint density at radius 3 is 2.73 bits per heavy atom. The SMILES string of the molecule is COCCCc1cc[c]cc1. The van der Waals surface area contributed by atoms with Crippen molar-refractivity contribution in [1.82, 2.24) is 0 Å². The Morgan fingerprint density at radius 2 is 2.09 bits per heavy atom. The van der Waals surface area contributed by atoms with Crippen molar-refractivity contribution in [1.29, 1.82) is 0 Å². The Morgan fingerprint density at radius 1 is 1.36 bits per heavy atom. The first kappa shape index (κ1) is 8.28. The first-order valence-corrected chi connectivity index (χ1v) is 3.87. The first-order chi connectivity index (χ1) is 5.43. The van der Waals surface area contributed by atoms with Crippen LogP contribution >= 0.6 is 0 Å². The van der Waals surface area contributed by atoms with Crippen LogP contribution in [0.4, 0.5) is 0 Å². The van der Waals surface area contributed by atoms with E-state index in [1.807, 2.05) is 12.1 Å². The Bertz CT molecular complexity index is 181. The smallest absolute Gasteiger partial charge is 0.0465 e. The zero-order valence-electron chi connectivity index (χ0n) is 6.84. The second-order valence-corrected chi connectivity index (χ2v) is 2.50. The van der Waals surface area contributed by atoms with Crippen molar-refractivity contribution in [3.8, 4) is 0 Å². The molecule has 0 aliphatic rings. The quantitative estimate of drug-likeness (QED) is 0.595. The Labute approximate surface area is 68.0 Å². The number of benzene rings is 1. The highest BCUT2D eigenvalue weighted by Crippen LogP contribution is 2.01. The van der Waals surface area contributed by atoms with Crippen LogP contribution in [0, 0.1) is 6.07 Å². The summed E-state index contributed by atoms with van der Waals surface area (Å²) in [5, 5.41) is 0. The van der Waals surface area contributed by atoms with E-state index in [2.05, 4.69) is 18.2 Å². The molecule has 59 valence electrons. The van der Waals surface area contributed by atoms with Crippen molar-refractivity contribution >= 4 is 0 Å². The predicted octanol–water partition coefficient (Wildman–Crippen LogP) is 2.07. The minimum atomic E-state index is 0.846. The van der Waals surface area contributed by atoms with Gasteiger partial charge in [-0.2, -0.15) is 0 Å². The Kier molecular flexibility index (Phi) is 3.70. The van der Waals surface area contributed by atoms with E-state index >= 15 is 0 Å². The van der Waals surface area contributed by atoms with Gasteiger partial charge < -0.3 is 4.74 Å². The second-order valence-electron chi connectivity index (χ2n) is 2.50. The molecule has 1 rings (SSSR count). The maximum absolute atomic E-state index is 4.96. The molecule has 11 heavy (non-hydrogen) atoms. The number of methoxy groups -OCH3 is 1. The van der Waals surface area contributed by atoms with Gasteiger partial charge in [0.15, 0.2) is 0 Å². The van der Waals surface area contributed by atoms with E-state index in [1.54, 1.807) is 7.11 Å². The van der Waals surface area contributed by atoms with Crippen LogP contribution in [0.2, 0.25) is 0 Å². The summed E-state index contributed by atoms with van der Waals surface area (Å²) in [6.45, 7) is 0.846. The third-order valence-electron chi connectivity index (χ3n) is 1.60. The molecule has 0 saturated heterocycles. The van der Waals surface area contributed by atoms with Crippen LogP contribution in [-0.2, 0) is 11.2 Å². The molecule has 0 fully saturated rings. The molecule has 1 heteroatoms. The highest BCUT2D eigenvalue weighted by atomic mass is 16.5. The standard InChI is InChI=1S/C10H13O/c1-11-9-5-8-10-6-3-2-4-7-10/h3-4,6-7H,5,8-9H2,1H3. The number of aryl methyl sites for hydroxylation is 1. The van der Waals surface area contributed by atoms with E-state index in [-0.39, 0.29) is 0 Å². The second kappa shape index (κ2) is 4.91. The third kappa shape index (κ3) is 3.19. The molecule has 0 heterocycles. The molecule has 0 amide bonds. The topological polar surface area (TPSA) is 9.23 Å². The fraction of sp³-hybridized carbons (Fsp3) is 0.400. The molecule has 0 spiro atoms. The van der Waals surface area contributed by atoms with Gasteiger partial charge in [-0.15, -0.1) is 0 Å². The van der Waals surface area contributed by atoms with Crippen LogP contribution in [0.15, 0.2) is 24.3 Å². The van der Waals surface area contributed by atoms with Gasteiger partial charge in [-0.3, -0.25) is 0 Å². The normalized spacial score (nSPS) is 9.91. The zero-order chi connectivity index (χ0) is 7.94. The molecule has 0 saturated carbocycles. The summed E-state index contributed by atoms with van der Waals surface area (Å²) in [5.41, 5.74) is 1.36.